The van der Waals surface area contributed by atoms with Crippen LogP contribution >= 0.6 is 0 Å². The van der Waals surface area contributed by atoms with Crippen molar-refractivity contribution in [1.29, 1.82) is 0 Å². The molecule has 11 N–H and O–H groups in total. The minimum atomic E-state index is -1.53. The van der Waals surface area contributed by atoms with Crippen LogP contribution in [0.3, 0.4) is 0 Å². The summed E-state index contributed by atoms with van der Waals surface area (Å²) in [4.78, 5) is 57.7. The van der Waals surface area contributed by atoms with Crippen LogP contribution in [0.1, 0.15) is 19.8 Å². The van der Waals surface area contributed by atoms with Crippen molar-refractivity contribution in [1.82, 2.24) is 21.3 Å². The number of carbonyl (C=O) groups excluding carboxylic acids is 4. The maximum absolute atomic E-state index is 12.0. The molecule has 0 unspecified atom stereocenters. The van der Waals surface area contributed by atoms with Crippen LogP contribution in [0.5, 0.6) is 0 Å². The number of carboxylic acids is 1. The highest BCUT2D eigenvalue weighted by Gasteiger charge is 2.45. The lowest BCUT2D eigenvalue weighted by Gasteiger charge is -2.42. The molecule has 0 spiro atoms. The number of nitrogens with two attached hydrogens (primary N) is 1. The minimum absolute atomic E-state index is 0.00514. The number of nitrogens with one attached hydrogen (secondary N) is 4. The lowest BCUT2D eigenvalue weighted by Crippen LogP contribution is -2.64. The van der Waals surface area contributed by atoms with Crippen molar-refractivity contribution in [2.75, 3.05) is 32.9 Å². The zero-order chi connectivity index (χ0) is 28.1. The normalized spacial score (nSPS) is 24.9. The van der Waals surface area contributed by atoms with Gasteiger partial charge in [-0.25, -0.2) is 4.79 Å². The fourth-order valence-electron chi connectivity index (χ4n) is 3.21. The van der Waals surface area contributed by atoms with E-state index in [-0.39, 0.29) is 19.6 Å². The van der Waals surface area contributed by atoms with Crippen molar-refractivity contribution in [3.63, 3.8) is 0 Å². The van der Waals surface area contributed by atoms with Crippen molar-refractivity contribution in [3.8, 4) is 0 Å². The second-order valence-electron chi connectivity index (χ2n) is 8.18. The van der Waals surface area contributed by atoms with Gasteiger partial charge in [-0.2, -0.15) is 0 Å². The van der Waals surface area contributed by atoms with Crippen LogP contribution in [0.2, 0.25) is 0 Å². The number of aliphatic hydroxyl groups excluding tert-OH is 4. The number of aliphatic carboxylic acids is 1. The van der Waals surface area contributed by atoms with Gasteiger partial charge < -0.3 is 62.0 Å². The van der Waals surface area contributed by atoms with E-state index >= 15 is 0 Å². The van der Waals surface area contributed by atoms with Crippen LogP contribution in [-0.4, -0.2) is 131 Å². The molecule has 0 radical (unpaired) electrons. The molecule has 4 amide bonds. The summed E-state index contributed by atoms with van der Waals surface area (Å²) < 4.78 is 10.9. The summed E-state index contributed by atoms with van der Waals surface area (Å²) in [6.07, 6.45) is -5.37. The fourth-order valence-corrected chi connectivity index (χ4v) is 3.21. The number of carbonyl (C=O) groups is 5. The Hall–Kier alpha value is -2.93. The van der Waals surface area contributed by atoms with Gasteiger partial charge in [-0.05, 0) is 6.42 Å². The molecule has 17 nitrogen and oxygen atoms in total. The molecule has 1 heterocycles. The van der Waals surface area contributed by atoms with Crippen molar-refractivity contribution < 1.29 is 59.0 Å². The molecule has 0 saturated carbocycles. The van der Waals surface area contributed by atoms with Crippen molar-refractivity contribution >= 4 is 29.6 Å². The molecule has 0 aromatic heterocycles. The molecule has 1 aliphatic rings. The smallest absolute Gasteiger partial charge is 0.328 e. The van der Waals surface area contributed by atoms with Gasteiger partial charge in [-0.15, -0.1) is 0 Å². The maximum Gasteiger partial charge on any atom is 0.328 e. The van der Waals surface area contributed by atoms with Gasteiger partial charge in [0, 0.05) is 13.5 Å². The van der Waals surface area contributed by atoms with Crippen LogP contribution in [0.25, 0.3) is 0 Å². The van der Waals surface area contributed by atoms with Crippen LogP contribution < -0.4 is 27.0 Å². The van der Waals surface area contributed by atoms with E-state index in [2.05, 4.69) is 16.0 Å². The third-order valence-electron chi connectivity index (χ3n) is 5.16. The molecular formula is C20H35N5O12. The molecule has 0 bridgehead atoms. The number of hydrogen-bond acceptors (Lipinski definition) is 12. The SMILES string of the molecule is CC(=O)N[C@H]1[C@H](OCCCNC(=O)C[C@H](N)C(=O)NCC(=O)N[C@@H](CO)C(=O)O)O[C@H](CO)[C@@H](O)[C@@H]1O. The van der Waals surface area contributed by atoms with E-state index in [1.807, 2.05) is 5.32 Å². The molecular weight excluding hydrogens is 502 g/mol. The largest absolute Gasteiger partial charge is 0.480 e. The van der Waals surface area contributed by atoms with E-state index in [0.717, 1.165) is 0 Å². The Morgan fingerprint density at radius 1 is 1.05 bits per heavy atom. The van der Waals surface area contributed by atoms with Gasteiger partial charge in [0.05, 0.1) is 38.8 Å². The third kappa shape index (κ3) is 10.9. The van der Waals surface area contributed by atoms with Gasteiger partial charge in [-0.1, -0.05) is 0 Å². The fraction of sp³-hybridized carbons (Fsp3) is 0.750. The summed E-state index contributed by atoms with van der Waals surface area (Å²) in [6, 6.07) is -3.92. The van der Waals surface area contributed by atoms with E-state index in [4.69, 9.17) is 25.4 Å². The lowest BCUT2D eigenvalue weighted by molar-refractivity contribution is -0.270. The number of hydrogen-bond donors (Lipinski definition) is 10. The lowest BCUT2D eigenvalue weighted by atomic mass is 9.97. The molecule has 0 aromatic rings. The average molecular weight is 538 g/mol. The molecule has 1 fully saturated rings. The highest BCUT2D eigenvalue weighted by atomic mass is 16.7. The van der Waals surface area contributed by atoms with Crippen molar-refractivity contribution in [2.24, 2.45) is 5.73 Å². The highest BCUT2D eigenvalue weighted by Crippen LogP contribution is 2.22. The Labute approximate surface area is 211 Å². The van der Waals surface area contributed by atoms with Gasteiger partial charge in [0.2, 0.25) is 23.6 Å². The van der Waals surface area contributed by atoms with E-state index in [9.17, 15) is 39.3 Å². The summed E-state index contributed by atoms with van der Waals surface area (Å²) in [5.41, 5.74) is 5.63. The first-order valence-electron chi connectivity index (χ1n) is 11.3. The standard InChI is InChI=1S/C20H35N5O12/c1-9(28)24-15-17(32)16(31)12(8-27)37-20(15)36-4-2-3-22-13(29)5-10(21)18(33)23-6-14(30)25-11(7-26)19(34)35/h10-12,15-17,20,26-27,31-32H,2-8,21H2,1H3,(H,22,29)(H,23,33)(H,24,28)(H,25,30)(H,34,35)/t10-,11-,12+,15+,16+,17+,20+/m0/s1. The molecule has 1 rings (SSSR count). The van der Waals surface area contributed by atoms with E-state index in [1.54, 1.807) is 0 Å². The molecule has 0 aromatic carbocycles. The molecule has 1 aliphatic heterocycles. The number of amides is 4. The molecule has 212 valence electrons. The Morgan fingerprint density at radius 3 is 2.30 bits per heavy atom. The van der Waals surface area contributed by atoms with Crippen LogP contribution in [0, 0.1) is 0 Å². The van der Waals surface area contributed by atoms with Gasteiger partial charge in [-0.3, -0.25) is 19.2 Å². The van der Waals surface area contributed by atoms with Gasteiger partial charge in [0.15, 0.2) is 6.29 Å². The first kappa shape index (κ1) is 32.1. The quantitative estimate of drug-likeness (QED) is 0.0871. The van der Waals surface area contributed by atoms with Crippen molar-refractivity contribution in [3.05, 3.63) is 0 Å². The molecule has 0 aliphatic carbocycles. The highest BCUT2D eigenvalue weighted by molar-refractivity contribution is 5.91. The maximum atomic E-state index is 12.0. The second kappa shape index (κ2) is 16.0. The van der Waals surface area contributed by atoms with Crippen molar-refractivity contribution in [2.45, 2.75) is 62.5 Å². The Bertz CT molecular complexity index is 800. The van der Waals surface area contributed by atoms with Gasteiger partial charge >= 0.3 is 5.97 Å². The van der Waals surface area contributed by atoms with Gasteiger partial charge in [0.1, 0.15) is 30.4 Å². The monoisotopic (exact) mass is 537 g/mol. The summed E-state index contributed by atoms with van der Waals surface area (Å²) in [5.74, 6) is -4.24. The van der Waals surface area contributed by atoms with Crippen LogP contribution in [0.15, 0.2) is 0 Å². The summed E-state index contributed by atoms with van der Waals surface area (Å²) in [7, 11) is 0. The molecule has 17 heteroatoms. The average Bonchev–Trinajstić information content (AvgIpc) is 2.84. The van der Waals surface area contributed by atoms with Crippen LogP contribution in [0.4, 0.5) is 0 Å². The molecule has 1 saturated heterocycles. The summed E-state index contributed by atoms with van der Waals surface area (Å²) >= 11 is 0. The number of rotatable bonds is 15. The molecule has 7 atom stereocenters. The topological polar surface area (TPSA) is 279 Å². The van der Waals surface area contributed by atoms with Crippen LogP contribution in [-0.2, 0) is 33.4 Å². The first-order valence-corrected chi connectivity index (χ1v) is 11.3. The summed E-state index contributed by atoms with van der Waals surface area (Å²) in [5, 5.41) is 56.1. The number of aliphatic hydroxyl groups is 4. The molecule has 37 heavy (non-hydrogen) atoms. The minimum Gasteiger partial charge on any atom is -0.480 e. The van der Waals surface area contributed by atoms with E-state index in [1.165, 1.54) is 6.92 Å². The first-order chi connectivity index (χ1) is 17.4. The van der Waals surface area contributed by atoms with E-state index < -0.39 is 98.5 Å². The van der Waals surface area contributed by atoms with E-state index in [0.29, 0.717) is 0 Å². The predicted octanol–water partition coefficient (Wildman–Crippen LogP) is -6.15. The Balaban J connectivity index is 2.37. The zero-order valence-electron chi connectivity index (χ0n) is 20.2. The Kier molecular flexibility index (Phi) is 13.9. The predicted molar refractivity (Wildman–Crippen MR) is 121 cm³/mol. The Morgan fingerprint density at radius 2 is 1.73 bits per heavy atom. The second-order valence-corrected chi connectivity index (χ2v) is 8.18. The number of ether oxygens (including phenoxy) is 2. The zero-order valence-corrected chi connectivity index (χ0v) is 20.2. The van der Waals surface area contributed by atoms with Gasteiger partial charge in [0.25, 0.3) is 0 Å². The summed E-state index contributed by atoms with van der Waals surface area (Å²) in [6.45, 7) is -0.743. The number of carboxylic acid groups (broad SMARTS) is 1. The third-order valence-corrected chi connectivity index (χ3v) is 5.16.